The van der Waals surface area contributed by atoms with Crippen LogP contribution in [0.3, 0.4) is 0 Å². The van der Waals surface area contributed by atoms with Crippen LogP contribution >= 0.6 is 0 Å². The second kappa shape index (κ2) is 10.0. The molecule has 140 valence electrons. The summed E-state index contributed by atoms with van der Waals surface area (Å²) in [6.45, 7) is 7.50. The number of nitrogens with one attached hydrogen (secondary N) is 1. The van der Waals surface area contributed by atoms with Crippen LogP contribution in [-0.4, -0.2) is 68.4 Å². The topological polar surface area (TPSA) is 55.9 Å². The number of anilines is 1. The van der Waals surface area contributed by atoms with E-state index in [0.29, 0.717) is 13.1 Å². The maximum absolute atomic E-state index is 12.4. The molecule has 0 aromatic heterocycles. The second-order valence-electron chi connectivity index (χ2n) is 6.84. The van der Waals surface area contributed by atoms with Gasteiger partial charge in [-0.1, -0.05) is 19.1 Å². The fraction of sp³-hybridized carbons (Fsp3) is 0.579. The molecule has 0 bridgehead atoms. The van der Waals surface area contributed by atoms with Crippen LogP contribution in [0.15, 0.2) is 24.3 Å². The molecule has 1 aromatic carbocycles. The van der Waals surface area contributed by atoms with Gasteiger partial charge in [-0.25, -0.2) is 0 Å². The molecule has 0 saturated heterocycles. The van der Waals surface area contributed by atoms with Gasteiger partial charge in [0.15, 0.2) is 0 Å². The highest BCUT2D eigenvalue weighted by Crippen LogP contribution is 2.13. The molecule has 1 N–H and O–H groups in total. The number of benzene rings is 1. The predicted molar refractivity (Wildman–Crippen MR) is 103 cm³/mol. The fourth-order valence-corrected chi connectivity index (χ4v) is 2.42. The van der Waals surface area contributed by atoms with Crippen molar-refractivity contribution in [3.05, 3.63) is 29.8 Å². The van der Waals surface area contributed by atoms with Crippen molar-refractivity contribution in [2.24, 2.45) is 0 Å². The molecule has 0 aliphatic heterocycles. The minimum Gasteiger partial charge on any atom is -0.378 e. The fourth-order valence-electron chi connectivity index (χ4n) is 2.42. The van der Waals surface area contributed by atoms with Crippen LogP contribution in [0.5, 0.6) is 0 Å². The average molecular weight is 348 g/mol. The number of hydrogen-bond donors (Lipinski definition) is 1. The number of rotatable bonds is 9. The molecular formula is C19H32N4O2. The normalized spacial score (nSPS) is 10.9. The van der Waals surface area contributed by atoms with E-state index >= 15 is 0 Å². The van der Waals surface area contributed by atoms with Crippen molar-refractivity contribution in [2.75, 3.05) is 45.7 Å². The average Bonchev–Trinajstić information content (AvgIpc) is 2.53. The van der Waals surface area contributed by atoms with Crippen molar-refractivity contribution in [1.29, 1.82) is 0 Å². The quantitative estimate of drug-likeness (QED) is 0.736. The molecule has 0 atom stereocenters. The predicted octanol–water partition coefficient (Wildman–Crippen LogP) is 1.56. The molecule has 0 aliphatic rings. The maximum Gasteiger partial charge on any atom is 0.236 e. The van der Waals surface area contributed by atoms with Crippen molar-refractivity contribution in [2.45, 2.75) is 33.4 Å². The molecule has 6 nitrogen and oxygen atoms in total. The number of carbonyl (C=O) groups is 2. The minimum absolute atomic E-state index is 0.0101. The van der Waals surface area contributed by atoms with Gasteiger partial charge in [0.2, 0.25) is 11.8 Å². The molecular weight excluding hydrogens is 316 g/mol. The molecule has 1 aromatic rings. The first-order valence-electron chi connectivity index (χ1n) is 8.74. The third-order valence-corrected chi connectivity index (χ3v) is 3.92. The van der Waals surface area contributed by atoms with Gasteiger partial charge in [-0.3, -0.25) is 14.5 Å². The lowest BCUT2D eigenvalue weighted by Crippen LogP contribution is -2.44. The largest absolute Gasteiger partial charge is 0.378 e. The summed E-state index contributed by atoms with van der Waals surface area (Å²) in [5.74, 6) is -0.0394. The summed E-state index contributed by atoms with van der Waals surface area (Å²) in [6, 6.07) is 8.26. The number of likely N-dealkylation sites (N-methyl/N-ethyl adjacent to an activating group) is 2. The molecule has 0 saturated carbocycles. The van der Waals surface area contributed by atoms with E-state index in [0.717, 1.165) is 11.3 Å². The summed E-state index contributed by atoms with van der Waals surface area (Å²) in [5.41, 5.74) is 2.22. The third-order valence-electron chi connectivity index (χ3n) is 3.92. The molecule has 0 fully saturated rings. The highest BCUT2D eigenvalue weighted by Gasteiger charge is 2.16. The molecule has 0 radical (unpaired) electrons. The molecule has 1 rings (SSSR count). The smallest absolute Gasteiger partial charge is 0.236 e. The Hall–Kier alpha value is -2.08. The van der Waals surface area contributed by atoms with E-state index in [1.165, 1.54) is 0 Å². The first kappa shape index (κ1) is 21.0. The van der Waals surface area contributed by atoms with Crippen LogP contribution in [-0.2, 0) is 16.1 Å². The first-order chi connectivity index (χ1) is 11.7. The van der Waals surface area contributed by atoms with E-state index in [9.17, 15) is 9.59 Å². The molecule has 25 heavy (non-hydrogen) atoms. The standard InChI is InChI=1S/C19H32N4O2/c1-7-23(13-18(24)20-15(2)3)14-19(25)22(6)12-16-8-10-17(11-9-16)21(4)5/h8-11,15H,7,12-14H2,1-6H3,(H,20,24). The summed E-state index contributed by atoms with van der Waals surface area (Å²) in [7, 11) is 5.79. The van der Waals surface area contributed by atoms with E-state index in [1.54, 1.807) is 11.9 Å². The van der Waals surface area contributed by atoms with Gasteiger partial charge >= 0.3 is 0 Å². The van der Waals surface area contributed by atoms with Crippen LogP contribution in [0, 0.1) is 0 Å². The zero-order chi connectivity index (χ0) is 19.0. The summed E-state index contributed by atoms with van der Waals surface area (Å²) >= 11 is 0. The van der Waals surface area contributed by atoms with Crippen LogP contribution in [0.1, 0.15) is 26.3 Å². The van der Waals surface area contributed by atoms with Gasteiger partial charge in [-0.15, -0.1) is 0 Å². The van der Waals surface area contributed by atoms with Gasteiger partial charge in [0.25, 0.3) is 0 Å². The van der Waals surface area contributed by atoms with E-state index < -0.39 is 0 Å². The van der Waals surface area contributed by atoms with Gasteiger partial charge in [-0.05, 0) is 38.1 Å². The number of nitrogens with zero attached hydrogens (tertiary/aromatic N) is 3. The zero-order valence-electron chi connectivity index (χ0n) is 16.4. The van der Waals surface area contributed by atoms with Gasteiger partial charge in [0.05, 0.1) is 13.1 Å². The lowest BCUT2D eigenvalue weighted by Gasteiger charge is -2.24. The summed E-state index contributed by atoms with van der Waals surface area (Å²) in [6.07, 6.45) is 0. The van der Waals surface area contributed by atoms with Gasteiger partial charge < -0.3 is 15.1 Å². The van der Waals surface area contributed by atoms with E-state index in [1.807, 2.05) is 68.9 Å². The highest BCUT2D eigenvalue weighted by atomic mass is 16.2. The number of amides is 2. The molecule has 6 heteroatoms. The van der Waals surface area contributed by atoms with Crippen molar-refractivity contribution in [3.8, 4) is 0 Å². The van der Waals surface area contributed by atoms with Gasteiger partial charge in [0.1, 0.15) is 0 Å². The zero-order valence-corrected chi connectivity index (χ0v) is 16.4. The summed E-state index contributed by atoms with van der Waals surface area (Å²) in [4.78, 5) is 29.9. The minimum atomic E-state index is -0.0495. The Bertz CT molecular complexity index is 555. The Morgan fingerprint density at radius 2 is 1.64 bits per heavy atom. The van der Waals surface area contributed by atoms with Gasteiger partial charge in [0, 0.05) is 39.4 Å². The highest BCUT2D eigenvalue weighted by molar-refractivity contribution is 5.81. The molecule has 0 heterocycles. The Labute approximate surface area is 151 Å². The summed E-state index contributed by atoms with van der Waals surface area (Å²) < 4.78 is 0. The maximum atomic E-state index is 12.4. The lowest BCUT2D eigenvalue weighted by atomic mass is 10.2. The SMILES string of the molecule is CCN(CC(=O)NC(C)C)CC(=O)N(C)Cc1ccc(N(C)C)cc1. The molecule has 0 spiro atoms. The number of hydrogen-bond acceptors (Lipinski definition) is 4. The Morgan fingerprint density at radius 1 is 1.04 bits per heavy atom. The third kappa shape index (κ3) is 7.56. The Morgan fingerprint density at radius 3 is 2.12 bits per heavy atom. The Balaban J connectivity index is 2.55. The van der Waals surface area contributed by atoms with Crippen LogP contribution in [0.25, 0.3) is 0 Å². The van der Waals surface area contributed by atoms with Crippen LogP contribution in [0.4, 0.5) is 5.69 Å². The van der Waals surface area contributed by atoms with E-state index in [2.05, 4.69) is 5.32 Å². The van der Waals surface area contributed by atoms with Crippen molar-refractivity contribution in [1.82, 2.24) is 15.1 Å². The molecule has 0 unspecified atom stereocenters. The van der Waals surface area contributed by atoms with Gasteiger partial charge in [-0.2, -0.15) is 0 Å². The second-order valence-corrected chi connectivity index (χ2v) is 6.84. The molecule has 2 amide bonds. The van der Waals surface area contributed by atoms with Crippen molar-refractivity contribution in [3.63, 3.8) is 0 Å². The van der Waals surface area contributed by atoms with E-state index in [-0.39, 0.29) is 30.9 Å². The number of carbonyl (C=O) groups excluding carboxylic acids is 2. The lowest BCUT2D eigenvalue weighted by molar-refractivity contribution is -0.132. The monoisotopic (exact) mass is 348 g/mol. The summed E-state index contributed by atoms with van der Waals surface area (Å²) in [5, 5.41) is 2.85. The van der Waals surface area contributed by atoms with E-state index in [4.69, 9.17) is 0 Å². The first-order valence-corrected chi connectivity index (χ1v) is 8.74. The molecule has 0 aliphatic carbocycles. The van der Waals surface area contributed by atoms with Crippen molar-refractivity contribution >= 4 is 17.5 Å². The van der Waals surface area contributed by atoms with Crippen LogP contribution < -0.4 is 10.2 Å². The Kier molecular flexibility index (Phi) is 8.41. The van der Waals surface area contributed by atoms with Crippen molar-refractivity contribution < 1.29 is 9.59 Å². The van der Waals surface area contributed by atoms with Crippen LogP contribution in [0.2, 0.25) is 0 Å².